The molecule has 0 amide bonds. The van der Waals surface area contributed by atoms with Crippen molar-refractivity contribution in [3.8, 4) is 0 Å². The zero-order valence-electron chi connectivity index (χ0n) is 32.6. The summed E-state index contributed by atoms with van der Waals surface area (Å²) in [7, 11) is 0. The molecule has 0 radical (unpaired) electrons. The van der Waals surface area contributed by atoms with Crippen LogP contribution in [0.15, 0.2) is 60.7 Å². The first kappa shape index (κ1) is 43.5. The van der Waals surface area contributed by atoms with Crippen molar-refractivity contribution in [1.29, 1.82) is 0 Å². The normalized spacial score (nSPS) is 29.4. The van der Waals surface area contributed by atoms with Crippen molar-refractivity contribution in [3.63, 3.8) is 0 Å². The third-order valence-corrected chi connectivity index (χ3v) is 11.4. The summed E-state index contributed by atoms with van der Waals surface area (Å²) in [5, 5.41) is 9.71. The van der Waals surface area contributed by atoms with Crippen molar-refractivity contribution >= 4 is 11.9 Å². The van der Waals surface area contributed by atoms with Crippen molar-refractivity contribution in [2.45, 2.75) is 138 Å². The van der Waals surface area contributed by atoms with Gasteiger partial charge in [-0.1, -0.05) is 118 Å². The number of carbonyl (C=O) groups excluding carboxylic acids is 2. The predicted molar refractivity (Wildman–Crippen MR) is 205 cm³/mol. The lowest BCUT2D eigenvalue weighted by Gasteiger charge is -2.36. The summed E-state index contributed by atoms with van der Waals surface area (Å²) in [6, 6.07) is 18.6. The molecule has 3 aliphatic rings. The van der Waals surface area contributed by atoms with Gasteiger partial charge in [0.2, 0.25) is 0 Å². The van der Waals surface area contributed by atoms with E-state index in [4.69, 9.17) is 9.47 Å². The maximum absolute atomic E-state index is 12.2. The summed E-state index contributed by atoms with van der Waals surface area (Å²) in [5.41, 5.74) is 1.31. The Bertz CT molecular complexity index is 1150. The Morgan fingerprint density at radius 2 is 0.860 bits per heavy atom. The third kappa shape index (κ3) is 13.8. The lowest BCUT2D eigenvalue weighted by molar-refractivity contribution is -0.0181. The molecule has 3 unspecified atom stereocenters. The van der Waals surface area contributed by atoms with E-state index in [1.807, 2.05) is 60.7 Å². The minimum atomic E-state index is -0.176. The second kappa shape index (κ2) is 21.6. The van der Waals surface area contributed by atoms with Gasteiger partial charge in [0.15, 0.2) is 0 Å². The molecule has 0 spiro atoms. The molecule has 2 aromatic rings. The molecule has 0 saturated heterocycles. The van der Waals surface area contributed by atoms with Crippen molar-refractivity contribution in [3.05, 3.63) is 71.8 Å². The Morgan fingerprint density at radius 1 is 0.540 bits per heavy atom. The average Bonchev–Trinajstić information content (AvgIpc) is 3.06. The summed E-state index contributed by atoms with van der Waals surface area (Å²) in [5.74, 6) is 5.06. The van der Waals surface area contributed by atoms with E-state index >= 15 is 0 Å². The topological polar surface area (TPSA) is 104 Å². The van der Waals surface area contributed by atoms with Crippen LogP contribution in [0.2, 0.25) is 0 Å². The molecule has 0 heterocycles. The van der Waals surface area contributed by atoms with Gasteiger partial charge in [-0.05, 0) is 116 Å². The Kier molecular flexibility index (Phi) is 18.8. The van der Waals surface area contributed by atoms with E-state index in [1.54, 1.807) is 0 Å². The van der Waals surface area contributed by atoms with Crippen molar-refractivity contribution in [1.82, 2.24) is 0 Å². The molecule has 3 aliphatic carbocycles. The lowest BCUT2D eigenvalue weighted by atomic mass is 9.75. The van der Waals surface area contributed by atoms with Crippen LogP contribution >= 0.6 is 0 Å². The maximum Gasteiger partial charge on any atom is 0.338 e. The number of aliphatic hydroxyl groups excluding tert-OH is 1. The molecule has 3 saturated carbocycles. The van der Waals surface area contributed by atoms with E-state index in [0.717, 1.165) is 25.2 Å². The summed E-state index contributed by atoms with van der Waals surface area (Å²) < 4.78 is 11.6. The number of benzene rings is 2. The molecule has 5 rings (SSSR count). The minimum Gasteiger partial charge on any atom is -0.458 e. The van der Waals surface area contributed by atoms with E-state index in [9.17, 15) is 14.7 Å². The van der Waals surface area contributed by atoms with Crippen molar-refractivity contribution in [2.75, 3.05) is 0 Å². The fraction of sp³-hybridized carbons (Fsp3) is 0.682. The van der Waals surface area contributed by atoms with Crippen LogP contribution in [-0.4, -0.2) is 40.8 Å². The monoisotopic (exact) mass is 695 g/mol. The van der Waals surface area contributed by atoms with Crippen molar-refractivity contribution in [2.24, 2.45) is 53.3 Å². The highest BCUT2D eigenvalue weighted by atomic mass is 16.5. The quantitative estimate of drug-likeness (QED) is 0.291. The zero-order valence-corrected chi connectivity index (χ0v) is 32.6. The smallest absolute Gasteiger partial charge is 0.338 e. The molecule has 0 bridgehead atoms. The molecule has 3 N–H and O–H groups in total. The van der Waals surface area contributed by atoms with Crippen LogP contribution in [0.4, 0.5) is 0 Å². The van der Waals surface area contributed by atoms with Crippen molar-refractivity contribution < 1.29 is 29.6 Å². The van der Waals surface area contributed by atoms with Crippen LogP contribution in [0.3, 0.4) is 0 Å². The molecular formula is C44H70O6. The van der Waals surface area contributed by atoms with Gasteiger partial charge >= 0.3 is 11.9 Å². The number of hydrogen-bond acceptors (Lipinski definition) is 5. The zero-order chi connectivity index (χ0) is 36.1. The van der Waals surface area contributed by atoms with Crippen LogP contribution < -0.4 is 0 Å². The van der Waals surface area contributed by atoms with E-state index < -0.39 is 0 Å². The molecule has 0 aliphatic heterocycles. The first-order valence-electron chi connectivity index (χ1n) is 19.5. The van der Waals surface area contributed by atoms with Crippen LogP contribution in [0.25, 0.3) is 0 Å². The molecule has 9 atom stereocenters. The summed E-state index contributed by atoms with van der Waals surface area (Å²) >= 11 is 0. The molecule has 6 nitrogen and oxygen atoms in total. The minimum absolute atomic E-state index is 0. The second-order valence-electron chi connectivity index (χ2n) is 16.7. The van der Waals surface area contributed by atoms with E-state index in [2.05, 4.69) is 62.3 Å². The predicted octanol–water partition coefficient (Wildman–Crippen LogP) is 10.2. The van der Waals surface area contributed by atoms with Gasteiger partial charge in [0, 0.05) is 0 Å². The van der Waals surface area contributed by atoms with Gasteiger partial charge in [-0.15, -0.1) is 0 Å². The Hall–Kier alpha value is -2.70. The number of rotatable bonds is 7. The number of ether oxygens (including phenoxy) is 2. The summed E-state index contributed by atoms with van der Waals surface area (Å²) in [6.07, 6.45) is 10.5. The molecule has 6 heteroatoms. The van der Waals surface area contributed by atoms with Gasteiger partial charge in [-0.2, -0.15) is 0 Å². The van der Waals surface area contributed by atoms with E-state index in [-0.39, 0.29) is 35.7 Å². The molecule has 3 fully saturated rings. The maximum atomic E-state index is 12.2. The first-order valence-corrected chi connectivity index (χ1v) is 19.5. The van der Waals surface area contributed by atoms with E-state index in [1.165, 1.54) is 38.5 Å². The number of aliphatic hydroxyl groups is 1. The van der Waals surface area contributed by atoms with Gasteiger partial charge in [-0.25, -0.2) is 9.59 Å². The average molecular weight is 695 g/mol. The number of carbonyl (C=O) groups is 2. The lowest BCUT2D eigenvalue weighted by Crippen LogP contribution is -2.35. The fourth-order valence-corrected chi connectivity index (χ4v) is 8.21. The third-order valence-electron chi connectivity index (χ3n) is 11.4. The largest absolute Gasteiger partial charge is 0.458 e. The molecule has 282 valence electrons. The standard InChI is InChI=1S/2C17H24O2.C10H20O.H2O/c2*1-12(2)15-10-9-13(3)11-16(15)19-17(18)14-7-5-4-6-8-14;1-7(2)9-5-4-8(3)6-10(9)11;/h2*4-8,12-13,15-16H,9-11H2,1-3H3;7-11H,4-6H2,1-3H3;1H2/t13-,15+,16-;;8-,9+,10-;/m1.0./s1. The van der Waals surface area contributed by atoms with Gasteiger partial charge in [-0.3, -0.25) is 0 Å². The highest BCUT2D eigenvalue weighted by molar-refractivity contribution is 5.89. The molecule has 2 aromatic carbocycles. The van der Waals surface area contributed by atoms with Gasteiger partial charge in [0.05, 0.1) is 17.2 Å². The highest BCUT2D eigenvalue weighted by Crippen LogP contribution is 2.37. The van der Waals surface area contributed by atoms with Crippen LogP contribution in [0.1, 0.15) is 141 Å². The van der Waals surface area contributed by atoms with Crippen LogP contribution in [0.5, 0.6) is 0 Å². The SMILES string of the molecule is CC(C)[C@@H]1CC[C@@H](C)C[C@H]1OC(=O)c1ccccc1.CC(C)[C@H]1CC[C@H](C)C[C@@H]1O.CC1CCC(C(C)C)C(OC(=O)c2ccccc2)C1.O. The van der Waals surface area contributed by atoms with Gasteiger partial charge in [0.25, 0.3) is 0 Å². The first-order chi connectivity index (χ1) is 23.3. The van der Waals surface area contributed by atoms with Crippen LogP contribution in [-0.2, 0) is 9.47 Å². The summed E-state index contributed by atoms with van der Waals surface area (Å²) in [4.78, 5) is 24.3. The Balaban J connectivity index is 0.000000267. The Morgan fingerprint density at radius 3 is 1.18 bits per heavy atom. The van der Waals surface area contributed by atoms with Gasteiger partial charge < -0.3 is 20.1 Å². The number of hydrogen-bond donors (Lipinski definition) is 1. The second-order valence-corrected chi connectivity index (χ2v) is 16.7. The molecule has 0 aromatic heterocycles. The fourth-order valence-electron chi connectivity index (χ4n) is 8.21. The van der Waals surface area contributed by atoms with E-state index in [0.29, 0.717) is 58.5 Å². The van der Waals surface area contributed by atoms with Gasteiger partial charge in [0.1, 0.15) is 12.2 Å². The number of esters is 2. The molecule has 50 heavy (non-hydrogen) atoms. The summed E-state index contributed by atoms with van der Waals surface area (Å²) in [6.45, 7) is 20.1. The highest BCUT2D eigenvalue weighted by Gasteiger charge is 2.35. The Labute approximate surface area is 304 Å². The van der Waals surface area contributed by atoms with Crippen LogP contribution in [0, 0.1) is 53.3 Å². The molecular weight excluding hydrogens is 624 g/mol.